The number of hydrogen-bond acceptors (Lipinski definition) is 7. The highest BCUT2D eigenvalue weighted by Gasteiger charge is 2.17. The van der Waals surface area contributed by atoms with Gasteiger partial charge < -0.3 is 15.4 Å². The van der Waals surface area contributed by atoms with Crippen LogP contribution in [0.3, 0.4) is 0 Å². The van der Waals surface area contributed by atoms with Gasteiger partial charge in [0.05, 0.1) is 10.6 Å². The van der Waals surface area contributed by atoms with E-state index < -0.39 is 0 Å². The monoisotopic (exact) mass is 555 g/mol. The highest BCUT2D eigenvalue weighted by Crippen LogP contribution is 2.35. The largest absolute Gasteiger partial charge is 0.492 e. The molecule has 5 rings (SSSR count). The maximum atomic E-state index is 12.7. The van der Waals surface area contributed by atoms with Crippen LogP contribution in [0.4, 0.5) is 11.6 Å². The number of carbonyl (C=O) groups excluding carboxylic acids is 1. The summed E-state index contributed by atoms with van der Waals surface area (Å²) in [6.07, 6.45) is 4.43. The van der Waals surface area contributed by atoms with Crippen LogP contribution in [0, 0.1) is 6.92 Å². The lowest BCUT2D eigenvalue weighted by Crippen LogP contribution is -2.40. The second-order valence-corrected chi connectivity index (χ2v) is 12.3. The fraction of sp³-hybridized carbons (Fsp3) is 0.344. The van der Waals surface area contributed by atoms with Crippen LogP contribution in [0.5, 0.6) is 5.75 Å². The Labute approximate surface area is 240 Å². The van der Waals surface area contributed by atoms with Gasteiger partial charge in [0.25, 0.3) is 5.91 Å². The molecule has 2 aromatic carbocycles. The molecule has 1 saturated heterocycles. The molecule has 0 bridgehead atoms. The number of amides is 1. The zero-order chi connectivity index (χ0) is 28.1. The first-order valence-electron chi connectivity index (χ1n) is 13.8. The van der Waals surface area contributed by atoms with E-state index in [9.17, 15) is 4.79 Å². The van der Waals surface area contributed by atoms with Crippen molar-refractivity contribution in [2.24, 2.45) is 0 Å². The minimum absolute atomic E-state index is 0.0739. The van der Waals surface area contributed by atoms with Crippen molar-refractivity contribution in [3.05, 3.63) is 78.0 Å². The fourth-order valence-corrected chi connectivity index (χ4v) is 5.72. The summed E-state index contributed by atoms with van der Waals surface area (Å²) in [4.78, 5) is 26.6. The van der Waals surface area contributed by atoms with E-state index >= 15 is 0 Å². The van der Waals surface area contributed by atoms with E-state index in [4.69, 9.17) is 9.72 Å². The van der Waals surface area contributed by atoms with Crippen molar-refractivity contribution >= 4 is 28.9 Å². The highest BCUT2D eigenvalue weighted by molar-refractivity contribution is 7.18. The van der Waals surface area contributed by atoms with Gasteiger partial charge >= 0.3 is 0 Å². The van der Waals surface area contributed by atoms with Gasteiger partial charge in [-0.2, -0.15) is 0 Å². The molecule has 1 amide bonds. The first-order chi connectivity index (χ1) is 19.2. The summed E-state index contributed by atoms with van der Waals surface area (Å²) in [7, 11) is 0. The molecule has 1 aliphatic rings. The van der Waals surface area contributed by atoms with Crippen LogP contribution in [0.25, 0.3) is 21.0 Å². The molecule has 208 valence electrons. The highest BCUT2D eigenvalue weighted by atomic mass is 32.1. The molecule has 8 heteroatoms. The molecule has 40 heavy (non-hydrogen) atoms. The molecule has 0 atom stereocenters. The fourth-order valence-electron chi connectivity index (χ4n) is 4.66. The zero-order valence-electron chi connectivity index (χ0n) is 23.7. The SMILES string of the molecule is Cc1cnc(Nc2ccc(OCCN3CCCC3)cc2)nc1-c1ccc(-c2cccc(C(=O)NC(C)(C)C)c2)s1. The van der Waals surface area contributed by atoms with Gasteiger partial charge in [-0.05, 0) is 113 Å². The summed E-state index contributed by atoms with van der Waals surface area (Å²) in [5, 5.41) is 6.35. The van der Waals surface area contributed by atoms with Crippen molar-refractivity contribution in [3.8, 4) is 26.8 Å². The number of aromatic nitrogens is 2. The van der Waals surface area contributed by atoms with Gasteiger partial charge in [0.1, 0.15) is 12.4 Å². The number of hydrogen-bond donors (Lipinski definition) is 2. The molecule has 1 aliphatic heterocycles. The summed E-state index contributed by atoms with van der Waals surface area (Å²) in [6.45, 7) is 12.0. The van der Waals surface area contributed by atoms with Crippen molar-refractivity contribution in [1.82, 2.24) is 20.2 Å². The van der Waals surface area contributed by atoms with Gasteiger partial charge in [-0.1, -0.05) is 12.1 Å². The molecule has 0 aliphatic carbocycles. The third kappa shape index (κ3) is 7.25. The normalized spacial score (nSPS) is 13.8. The van der Waals surface area contributed by atoms with Gasteiger partial charge in [0.2, 0.25) is 5.95 Å². The summed E-state index contributed by atoms with van der Waals surface area (Å²) in [6, 6.07) is 19.8. The van der Waals surface area contributed by atoms with E-state index in [2.05, 4.69) is 32.7 Å². The van der Waals surface area contributed by atoms with Crippen molar-refractivity contribution in [3.63, 3.8) is 0 Å². The van der Waals surface area contributed by atoms with E-state index in [1.54, 1.807) is 11.3 Å². The van der Waals surface area contributed by atoms with E-state index in [1.807, 2.05) is 82.4 Å². The lowest BCUT2D eigenvalue weighted by molar-refractivity contribution is 0.0919. The van der Waals surface area contributed by atoms with Crippen LogP contribution in [-0.4, -0.2) is 52.6 Å². The summed E-state index contributed by atoms with van der Waals surface area (Å²) in [5.74, 6) is 1.33. The van der Waals surface area contributed by atoms with E-state index in [0.29, 0.717) is 18.1 Å². The van der Waals surface area contributed by atoms with Gasteiger partial charge in [-0.25, -0.2) is 9.97 Å². The Morgan fingerprint density at radius 3 is 2.52 bits per heavy atom. The Morgan fingerprint density at radius 1 is 1.02 bits per heavy atom. The molecule has 3 heterocycles. The second kappa shape index (κ2) is 12.2. The molecule has 0 saturated carbocycles. The number of carbonyl (C=O) groups is 1. The predicted octanol–water partition coefficient (Wildman–Crippen LogP) is 6.93. The number of ether oxygens (including phenoxy) is 1. The molecular weight excluding hydrogens is 518 g/mol. The van der Waals surface area contributed by atoms with E-state index in [-0.39, 0.29) is 11.4 Å². The van der Waals surface area contributed by atoms with Gasteiger partial charge in [-0.15, -0.1) is 11.3 Å². The van der Waals surface area contributed by atoms with Crippen LogP contribution < -0.4 is 15.4 Å². The molecule has 2 N–H and O–H groups in total. The molecule has 0 unspecified atom stereocenters. The quantitative estimate of drug-likeness (QED) is 0.233. The standard InChI is InChI=1S/C32H37N5O2S/c1-22-21-33-31(34-25-10-12-26(13-11-25)39-19-18-37-16-5-6-17-37)35-29(22)28-15-14-27(40-28)23-8-7-9-24(20-23)30(38)36-32(2,3)4/h7-15,20-21H,5-6,16-19H2,1-4H3,(H,36,38)(H,33,34,35). The summed E-state index contributed by atoms with van der Waals surface area (Å²) in [5.41, 5.74) is 4.15. The predicted molar refractivity (Wildman–Crippen MR) is 164 cm³/mol. The molecule has 2 aromatic heterocycles. The lowest BCUT2D eigenvalue weighted by atomic mass is 10.1. The topological polar surface area (TPSA) is 79.4 Å². The molecule has 0 radical (unpaired) electrons. The number of anilines is 2. The number of benzene rings is 2. The van der Waals surface area contributed by atoms with E-state index in [1.165, 1.54) is 25.9 Å². The third-order valence-corrected chi connectivity index (χ3v) is 7.84. The first kappa shape index (κ1) is 27.8. The average molecular weight is 556 g/mol. The molecule has 0 spiro atoms. The van der Waals surface area contributed by atoms with E-state index in [0.717, 1.165) is 44.6 Å². The number of thiophene rings is 1. The summed E-state index contributed by atoms with van der Waals surface area (Å²) < 4.78 is 5.92. The van der Waals surface area contributed by atoms with Crippen molar-refractivity contribution in [2.45, 2.75) is 46.1 Å². The Balaban J connectivity index is 1.25. The van der Waals surface area contributed by atoms with Gasteiger partial charge in [-0.3, -0.25) is 9.69 Å². The Bertz CT molecular complexity index is 1450. The lowest BCUT2D eigenvalue weighted by Gasteiger charge is -2.20. The van der Waals surface area contributed by atoms with Crippen LogP contribution in [0.1, 0.15) is 49.5 Å². The number of likely N-dealkylation sites (tertiary alicyclic amines) is 1. The first-order valence-corrected chi connectivity index (χ1v) is 14.6. The number of aryl methyl sites for hydroxylation is 1. The minimum atomic E-state index is -0.289. The van der Waals surface area contributed by atoms with Crippen molar-refractivity contribution < 1.29 is 9.53 Å². The second-order valence-electron chi connectivity index (χ2n) is 11.2. The average Bonchev–Trinajstić information content (AvgIpc) is 3.63. The third-order valence-electron chi connectivity index (χ3n) is 6.69. The Morgan fingerprint density at radius 2 is 1.77 bits per heavy atom. The minimum Gasteiger partial charge on any atom is -0.492 e. The van der Waals surface area contributed by atoms with Crippen LogP contribution in [-0.2, 0) is 0 Å². The number of nitrogens with zero attached hydrogens (tertiary/aromatic N) is 3. The van der Waals surface area contributed by atoms with Crippen LogP contribution in [0.15, 0.2) is 66.9 Å². The zero-order valence-corrected chi connectivity index (χ0v) is 24.5. The Hall–Kier alpha value is -3.75. The maximum Gasteiger partial charge on any atom is 0.251 e. The molecule has 1 fully saturated rings. The van der Waals surface area contributed by atoms with Crippen molar-refractivity contribution in [2.75, 3.05) is 31.6 Å². The maximum absolute atomic E-state index is 12.7. The number of nitrogens with one attached hydrogen (secondary N) is 2. The number of rotatable bonds is 9. The van der Waals surface area contributed by atoms with Gasteiger partial charge in [0.15, 0.2) is 0 Å². The van der Waals surface area contributed by atoms with Crippen LogP contribution in [0.2, 0.25) is 0 Å². The van der Waals surface area contributed by atoms with Crippen LogP contribution >= 0.6 is 11.3 Å². The smallest absolute Gasteiger partial charge is 0.251 e. The molecule has 7 nitrogen and oxygen atoms in total. The Kier molecular flexibility index (Phi) is 8.47. The van der Waals surface area contributed by atoms with Crippen molar-refractivity contribution in [1.29, 1.82) is 0 Å². The molecular formula is C32H37N5O2S. The summed E-state index contributed by atoms with van der Waals surface area (Å²) >= 11 is 1.65. The molecule has 4 aromatic rings. The van der Waals surface area contributed by atoms with Gasteiger partial charge in [0, 0.05) is 34.4 Å².